The molecule has 2 unspecified atom stereocenters. The van der Waals surface area contributed by atoms with Crippen LogP contribution in [0.25, 0.3) is 0 Å². The Balaban J connectivity index is 1.27. The molecule has 3 saturated heterocycles. The highest BCUT2D eigenvalue weighted by Crippen LogP contribution is 2.40. The van der Waals surface area contributed by atoms with Crippen LogP contribution in [0, 0.1) is 17.2 Å². The summed E-state index contributed by atoms with van der Waals surface area (Å²) in [7, 11) is 0. The lowest BCUT2D eigenvalue weighted by Gasteiger charge is -2.38. The molecule has 1 aromatic heterocycles. The molecule has 3 N–H and O–H groups in total. The maximum absolute atomic E-state index is 12.8. The van der Waals surface area contributed by atoms with Crippen LogP contribution < -0.4 is 11.1 Å². The molecule has 2 bridgehead atoms. The number of carbonyl (C=O) groups is 2. The number of hydrogen-bond donors (Lipinski definition) is 2. The predicted octanol–water partition coefficient (Wildman–Crippen LogP) is 1.68. The number of aromatic nitrogens is 1. The van der Waals surface area contributed by atoms with Gasteiger partial charge in [-0.05, 0) is 50.2 Å². The molecule has 148 valence electrons. The van der Waals surface area contributed by atoms with Crippen LogP contribution in [0.4, 0.5) is 10.6 Å². The molecule has 4 heterocycles. The van der Waals surface area contributed by atoms with Crippen LogP contribution in [-0.2, 0) is 4.79 Å². The minimum absolute atomic E-state index is 0.178. The first-order valence-corrected chi connectivity index (χ1v) is 10.0. The second kappa shape index (κ2) is 7.66. The van der Waals surface area contributed by atoms with Gasteiger partial charge in [0, 0.05) is 43.8 Å². The molecule has 3 atom stereocenters. The first kappa shape index (κ1) is 18.5. The van der Waals surface area contributed by atoms with E-state index in [1.165, 1.54) is 0 Å². The Morgan fingerprint density at radius 1 is 1.25 bits per heavy atom. The highest BCUT2D eigenvalue weighted by Gasteiger charge is 2.43. The molecular formula is C20H26N6O2. The Morgan fingerprint density at radius 3 is 2.61 bits per heavy atom. The number of likely N-dealkylation sites (tertiary alicyclic amines) is 1. The van der Waals surface area contributed by atoms with E-state index in [1.54, 1.807) is 18.3 Å². The van der Waals surface area contributed by atoms with Gasteiger partial charge in [-0.15, -0.1) is 0 Å². The molecule has 0 aliphatic carbocycles. The normalized spacial score (nSPS) is 28.8. The third kappa shape index (κ3) is 3.75. The van der Waals surface area contributed by atoms with Crippen LogP contribution >= 0.6 is 0 Å². The number of piperidine rings is 1. The second-order valence-corrected chi connectivity index (χ2v) is 8.19. The summed E-state index contributed by atoms with van der Waals surface area (Å²) in [4.78, 5) is 32.4. The summed E-state index contributed by atoms with van der Waals surface area (Å²) >= 11 is 0. The molecular weight excluding hydrogens is 356 g/mol. The fourth-order valence-electron chi connectivity index (χ4n) is 5.05. The second-order valence-electron chi connectivity index (χ2n) is 8.19. The average molecular weight is 382 g/mol. The van der Waals surface area contributed by atoms with Crippen LogP contribution in [0.15, 0.2) is 18.3 Å². The molecule has 0 aromatic carbocycles. The third-order valence-electron chi connectivity index (χ3n) is 6.33. The Bertz CT molecular complexity index is 775. The van der Waals surface area contributed by atoms with E-state index in [0.717, 1.165) is 44.5 Å². The van der Waals surface area contributed by atoms with E-state index in [1.807, 2.05) is 9.80 Å². The van der Waals surface area contributed by atoms with E-state index in [-0.39, 0.29) is 30.1 Å². The Morgan fingerprint density at radius 2 is 2.00 bits per heavy atom. The van der Waals surface area contributed by atoms with Crippen molar-refractivity contribution < 1.29 is 9.59 Å². The minimum Gasteiger partial charge on any atom is -0.365 e. The van der Waals surface area contributed by atoms with Crippen LogP contribution in [0.5, 0.6) is 0 Å². The van der Waals surface area contributed by atoms with Crippen molar-refractivity contribution in [2.75, 3.05) is 18.4 Å². The maximum atomic E-state index is 12.8. The number of pyridine rings is 1. The number of primary amides is 1. The maximum Gasteiger partial charge on any atom is 0.315 e. The zero-order valence-corrected chi connectivity index (χ0v) is 15.9. The minimum atomic E-state index is -0.317. The summed E-state index contributed by atoms with van der Waals surface area (Å²) in [6, 6.07) is 5.87. The lowest BCUT2D eigenvalue weighted by molar-refractivity contribution is -0.131. The molecule has 28 heavy (non-hydrogen) atoms. The van der Waals surface area contributed by atoms with Gasteiger partial charge in [-0.2, -0.15) is 5.26 Å². The largest absolute Gasteiger partial charge is 0.365 e. The predicted molar refractivity (Wildman–Crippen MR) is 103 cm³/mol. The van der Waals surface area contributed by atoms with Crippen LogP contribution in [0.2, 0.25) is 0 Å². The van der Waals surface area contributed by atoms with Crippen molar-refractivity contribution in [3.63, 3.8) is 0 Å². The fourth-order valence-corrected chi connectivity index (χ4v) is 5.05. The zero-order chi connectivity index (χ0) is 19.7. The highest BCUT2D eigenvalue weighted by molar-refractivity contribution is 5.77. The van der Waals surface area contributed by atoms with Gasteiger partial charge in [-0.3, -0.25) is 4.79 Å². The molecule has 4 rings (SSSR count). The number of anilines is 1. The SMILES string of the molecule is N#Cc1ccc(N[C@@H]2CCN(C(=O)CC3CC4CCC(C3)N4C(N)=O)C2)nc1. The molecule has 0 saturated carbocycles. The third-order valence-corrected chi connectivity index (χ3v) is 6.33. The van der Waals surface area contributed by atoms with Crippen molar-refractivity contribution in [2.24, 2.45) is 11.7 Å². The summed E-state index contributed by atoms with van der Waals surface area (Å²) in [6.45, 7) is 1.42. The zero-order valence-electron chi connectivity index (χ0n) is 15.9. The highest BCUT2D eigenvalue weighted by atomic mass is 16.2. The first-order chi connectivity index (χ1) is 13.5. The van der Waals surface area contributed by atoms with Crippen molar-refractivity contribution in [3.8, 4) is 6.07 Å². The number of amides is 3. The average Bonchev–Trinajstić information content (AvgIpc) is 3.25. The fraction of sp³-hybridized carbons (Fsp3) is 0.600. The van der Waals surface area contributed by atoms with Crippen molar-refractivity contribution >= 4 is 17.8 Å². The van der Waals surface area contributed by atoms with Crippen molar-refractivity contribution in [1.29, 1.82) is 5.26 Å². The van der Waals surface area contributed by atoms with Gasteiger partial charge in [0.2, 0.25) is 5.91 Å². The molecule has 3 fully saturated rings. The summed E-state index contributed by atoms with van der Waals surface area (Å²) < 4.78 is 0. The van der Waals surface area contributed by atoms with Crippen LogP contribution in [-0.4, -0.2) is 57.9 Å². The number of nitrogens with one attached hydrogen (secondary N) is 1. The van der Waals surface area contributed by atoms with Gasteiger partial charge < -0.3 is 20.9 Å². The van der Waals surface area contributed by atoms with Crippen LogP contribution in [0.3, 0.4) is 0 Å². The van der Waals surface area contributed by atoms with Crippen LogP contribution in [0.1, 0.15) is 44.1 Å². The van der Waals surface area contributed by atoms with Gasteiger partial charge >= 0.3 is 6.03 Å². The molecule has 0 radical (unpaired) electrons. The number of rotatable bonds is 4. The number of hydrogen-bond acceptors (Lipinski definition) is 5. The summed E-state index contributed by atoms with van der Waals surface area (Å²) in [5.41, 5.74) is 6.05. The molecule has 0 spiro atoms. The topological polar surface area (TPSA) is 115 Å². The Labute approximate surface area is 164 Å². The van der Waals surface area contributed by atoms with Crippen molar-refractivity contribution in [1.82, 2.24) is 14.8 Å². The standard InChI is InChI=1S/C20H26N6O2/c21-10-13-1-4-18(23-11-13)24-15-5-6-25(12-15)19(27)9-14-7-16-2-3-17(8-14)26(16)20(22)28/h1,4,11,14-17H,2-3,5-9,12H2,(H2,22,28)(H,23,24)/t14?,15-,16?,17?/m1/s1. The molecule has 3 aliphatic heterocycles. The van der Waals surface area contributed by atoms with Gasteiger partial charge in [0.05, 0.1) is 5.56 Å². The van der Waals surface area contributed by atoms with Crippen molar-refractivity contribution in [3.05, 3.63) is 23.9 Å². The lowest BCUT2D eigenvalue weighted by Crippen LogP contribution is -2.49. The van der Waals surface area contributed by atoms with Gasteiger partial charge in [-0.1, -0.05) is 0 Å². The van der Waals surface area contributed by atoms with E-state index in [0.29, 0.717) is 24.4 Å². The van der Waals surface area contributed by atoms with Gasteiger partial charge in [0.15, 0.2) is 0 Å². The van der Waals surface area contributed by atoms with Crippen molar-refractivity contribution in [2.45, 2.75) is 56.7 Å². The van der Waals surface area contributed by atoms with E-state index in [9.17, 15) is 9.59 Å². The molecule has 1 aromatic rings. The Hall–Kier alpha value is -2.82. The van der Waals surface area contributed by atoms with Gasteiger partial charge in [-0.25, -0.2) is 9.78 Å². The van der Waals surface area contributed by atoms with E-state index >= 15 is 0 Å². The number of nitrogens with two attached hydrogens (primary N) is 1. The summed E-state index contributed by atoms with van der Waals surface area (Å²) in [6.07, 6.45) is 6.77. The smallest absolute Gasteiger partial charge is 0.315 e. The summed E-state index contributed by atoms with van der Waals surface area (Å²) in [5.74, 6) is 1.27. The van der Waals surface area contributed by atoms with E-state index < -0.39 is 0 Å². The number of nitriles is 1. The summed E-state index contributed by atoms with van der Waals surface area (Å²) in [5, 5.41) is 12.2. The number of carbonyl (C=O) groups excluding carboxylic acids is 2. The first-order valence-electron chi connectivity index (χ1n) is 10.0. The quantitative estimate of drug-likeness (QED) is 0.822. The molecule has 8 nitrogen and oxygen atoms in total. The Kier molecular flexibility index (Phi) is 5.07. The van der Waals surface area contributed by atoms with E-state index in [4.69, 9.17) is 11.0 Å². The molecule has 3 aliphatic rings. The monoisotopic (exact) mass is 382 g/mol. The molecule has 8 heteroatoms. The van der Waals surface area contributed by atoms with Gasteiger partial charge in [0.1, 0.15) is 11.9 Å². The lowest BCUT2D eigenvalue weighted by atomic mass is 9.88. The molecule has 3 amide bonds. The van der Waals surface area contributed by atoms with Gasteiger partial charge in [0.25, 0.3) is 0 Å². The number of fused-ring (bicyclic) bond motifs is 2. The number of urea groups is 1. The number of nitrogens with zero attached hydrogens (tertiary/aromatic N) is 4. The van der Waals surface area contributed by atoms with E-state index in [2.05, 4.69) is 16.4 Å².